The van der Waals surface area contributed by atoms with Crippen LogP contribution in [0.3, 0.4) is 0 Å². The van der Waals surface area contributed by atoms with Gasteiger partial charge >= 0.3 is 5.97 Å². The van der Waals surface area contributed by atoms with Crippen LogP contribution in [-0.2, 0) is 4.79 Å². The number of hydrogen-bond acceptors (Lipinski definition) is 4. The van der Waals surface area contributed by atoms with Crippen LogP contribution in [0.5, 0.6) is 0 Å². The molecule has 0 aromatic carbocycles. The van der Waals surface area contributed by atoms with Crippen LogP contribution in [0.15, 0.2) is 24.3 Å². The largest absolute Gasteiger partial charge is 0.481 e. The Morgan fingerprint density at radius 2 is 1.61 bits per heavy atom. The maximum Gasteiger partial charge on any atom is 0.309 e. The minimum atomic E-state index is -1.14. The minimum Gasteiger partial charge on any atom is -0.481 e. The highest BCUT2D eigenvalue weighted by Gasteiger charge is 2.28. The summed E-state index contributed by atoms with van der Waals surface area (Å²) in [4.78, 5) is 11.1. The molecule has 28 heavy (non-hydrogen) atoms. The Morgan fingerprint density at radius 1 is 1.00 bits per heavy atom. The molecule has 0 rings (SSSR count). The Morgan fingerprint density at radius 3 is 2.21 bits per heavy atom. The van der Waals surface area contributed by atoms with Crippen LogP contribution in [0.1, 0.15) is 91.9 Å². The second-order valence-electron chi connectivity index (χ2n) is 8.73. The molecule has 0 aliphatic rings. The van der Waals surface area contributed by atoms with E-state index in [0.717, 1.165) is 12.8 Å². The molecule has 0 aliphatic heterocycles. The minimum absolute atomic E-state index is 0.172. The molecule has 0 saturated carbocycles. The summed E-state index contributed by atoms with van der Waals surface area (Å²) in [6.45, 7) is 7.05. The Hall–Kier alpha value is -1.17. The molecule has 0 aromatic rings. The van der Waals surface area contributed by atoms with Gasteiger partial charge in [0.1, 0.15) is 0 Å². The van der Waals surface area contributed by atoms with Gasteiger partial charge in [0.05, 0.1) is 23.2 Å². The fourth-order valence-corrected chi connectivity index (χ4v) is 2.77. The van der Waals surface area contributed by atoms with Crippen molar-refractivity contribution in [1.82, 2.24) is 0 Å². The van der Waals surface area contributed by atoms with Crippen LogP contribution in [0.25, 0.3) is 0 Å². The van der Waals surface area contributed by atoms with Crippen LogP contribution in [0, 0.1) is 5.41 Å². The molecule has 0 saturated heterocycles. The number of aliphatic carboxylic acids is 1. The number of aliphatic hydroxyl groups is 3. The molecule has 0 spiro atoms. The van der Waals surface area contributed by atoms with Gasteiger partial charge in [-0.25, -0.2) is 0 Å². The standard InChI is InChI=1S/C23H42O5/c1-5-6-7-8-9-10-11-12-13-16-23(4,28)18-15-20(25)19(24)14-17-22(2,3)21(26)27/h12-13,15,18-20,24-25,28H,5-11,14,16-17H2,1-4H3,(H,26,27)/b13-12-,18-15+. The summed E-state index contributed by atoms with van der Waals surface area (Å²) in [5.41, 5.74) is -2.05. The highest BCUT2D eigenvalue weighted by Crippen LogP contribution is 2.24. The summed E-state index contributed by atoms with van der Waals surface area (Å²) >= 11 is 0. The van der Waals surface area contributed by atoms with E-state index in [4.69, 9.17) is 5.11 Å². The van der Waals surface area contributed by atoms with Gasteiger partial charge in [-0.2, -0.15) is 0 Å². The van der Waals surface area contributed by atoms with E-state index >= 15 is 0 Å². The van der Waals surface area contributed by atoms with Gasteiger partial charge in [0.15, 0.2) is 0 Å². The molecule has 164 valence electrons. The van der Waals surface area contributed by atoms with Crippen LogP contribution >= 0.6 is 0 Å². The molecule has 0 aromatic heterocycles. The zero-order valence-electron chi connectivity index (χ0n) is 18.2. The number of allylic oxidation sites excluding steroid dienone is 1. The average molecular weight is 399 g/mol. The van der Waals surface area contributed by atoms with Crippen molar-refractivity contribution in [3.8, 4) is 0 Å². The second kappa shape index (κ2) is 13.9. The Labute approximate surface area is 171 Å². The highest BCUT2D eigenvalue weighted by atomic mass is 16.4. The van der Waals surface area contributed by atoms with Gasteiger partial charge in [0.25, 0.3) is 0 Å². The van der Waals surface area contributed by atoms with Gasteiger partial charge < -0.3 is 20.4 Å². The molecule has 0 radical (unpaired) electrons. The van der Waals surface area contributed by atoms with Crippen molar-refractivity contribution in [2.24, 2.45) is 5.41 Å². The van der Waals surface area contributed by atoms with Crippen molar-refractivity contribution in [1.29, 1.82) is 0 Å². The molecular weight excluding hydrogens is 356 g/mol. The smallest absolute Gasteiger partial charge is 0.309 e. The maximum absolute atomic E-state index is 11.1. The van der Waals surface area contributed by atoms with E-state index in [2.05, 4.69) is 13.0 Å². The Balaban J connectivity index is 4.20. The number of carboxylic acid groups (broad SMARTS) is 1. The first-order valence-corrected chi connectivity index (χ1v) is 10.7. The van der Waals surface area contributed by atoms with E-state index in [0.29, 0.717) is 6.42 Å². The fourth-order valence-electron chi connectivity index (χ4n) is 2.77. The molecule has 0 aliphatic carbocycles. The normalized spacial score (nSPS) is 17.1. The van der Waals surface area contributed by atoms with E-state index in [9.17, 15) is 20.1 Å². The topological polar surface area (TPSA) is 98.0 Å². The quantitative estimate of drug-likeness (QED) is 0.225. The number of rotatable bonds is 16. The summed E-state index contributed by atoms with van der Waals surface area (Å²) in [5, 5.41) is 39.5. The zero-order chi connectivity index (χ0) is 21.6. The molecule has 3 atom stereocenters. The zero-order valence-corrected chi connectivity index (χ0v) is 18.2. The monoisotopic (exact) mass is 398 g/mol. The van der Waals surface area contributed by atoms with E-state index in [1.54, 1.807) is 20.8 Å². The molecule has 0 bridgehead atoms. The van der Waals surface area contributed by atoms with Crippen molar-refractivity contribution in [2.75, 3.05) is 0 Å². The predicted molar refractivity (Wildman–Crippen MR) is 114 cm³/mol. The molecule has 0 amide bonds. The van der Waals surface area contributed by atoms with Crippen molar-refractivity contribution in [3.05, 3.63) is 24.3 Å². The van der Waals surface area contributed by atoms with Crippen LogP contribution in [0.4, 0.5) is 0 Å². The van der Waals surface area contributed by atoms with E-state index in [1.165, 1.54) is 44.3 Å². The SMILES string of the molecule is CCCCCCCC/C=C\CC(C)(O)/C=C/C(O)C(O)CCC(C)(C)C(=O)O. The van der Waals surface area contributed by atoms with E-state index in [1.807, 2.05) is 6.08 Å². The molecule has 4 N–H and O–H groups in total. The summed E-state index contributed by atoms with van der Waals surface area (Å²) in [6, 6.07) is 0. The van der Waals surface area contributed by atoms with Gasteiger partial charge in [-0.3, -0.25) is 4.79 Å². The summed E-state index contributed by atoms with van der Waals surface area (Å²) in [5.74, 6) is -0.930. The van der Waals surface area contributed by atoms with Crippen LogP contribution in [-0.4, -0.2) is 44.2 Å². The van der Waals surface area contributed by atoms with Crippen molar-refractivity contribution < 1.29 is 25.2 Å². The lowest BCUT2D eigenvalue weighted by atomic mass is 9.86. The third-order valence-electron chi connectivity index (χ3n) is 5.11. The van der Waals surface area contributed by atoms with Gasteiger partial charge in [0.2, 0.25) is 0 Å². The lowest BCUT2D eigenvalue weighted by Crippen LogP contribution is -2.30. The average Bonchev–Trinajstić information content (AvgIpc) is 2.62. The lowest BCUT2D eigenvalue weighted by Gasteiger charge is -2.23. The van der Waals surface area contributed by atoms with E-state index in [-0.39, 0.29) is 12.8 Å². The van der Waals surface area contributed by atoms with Crippen LogP contribution in [0.2, 0.25) is 0 Å². The van der Waals surface area contributed by atoms with Gasteiger partial charge in [-0.1, -0.05) is 63.3 Å². The molecule has 3 unspecified atom stereocenters. The van der Waals surface area contributed by atoms with Crippen molar-refractivity contribution >= 4 is 5.97 Å². The number of carbonyl (C=O) groups is 1. The molecule has 0 heterocycles. The molecular formula is C23H42O5. The summed E-state index contributed by atoms with van der Waals surface area (Å²) < 4.78 is 0. The predicted octanol–water partition coefficient (Wildman–Crippen LogP) is 4.60. The van der Waals surface area contributed by atoms with Crippen LogP contribution < -0.4 is 0 Å². The fraction of sp³-hybridized carbons (Fsp3) is 0.783. The first kappa shape index (κ1) is 26.8. The van der Waals surface area contributed by atoms with Crippen molar-refractivity contribution in [3.63, 3.8) is 0 Å². The summed E-state index contributed by atoms with van der Waals surface area (Å²) in [7, 11) is 0. The second-order valence-corrected chi connectivity index (χ2v) is 8.73. The molecule has 5 heteroatoms. The Bertz CT molecular complexity index is 479. The number of hydrogen-bond donors (Lipinski definition) is 4. The lowest BCUT2D eigenvalue weighted by molar-refractivity contribution is -0.147. The third-order valence-corrected chi connectivity index (χ3v) is 5.11. The highest BCUT2D eigenvalue weighted by molar-refractivity contribution is 5.73. The number of unbranched alkanes of at least 4 members (excludes halogenated alkanes) is 6. The summed E-state index contributed by atoms with van der Waals surface area (Å²) in [6.07, 6.45) is 14.2. The Kier molecular flexibility index (Phi) is 13.3. The molecule has 5 nitrogen and oxygen atoms in total. The maximum atomic E-state index is 11.1. The number of aliphatic hydroxyl groups excluding tert-OH is 2. The van der Waals surface area contributed by atoms with Gasteiger partial charge in [0, 0.05) is 0 Å². The van der Waals surface area contributed by atoms with E-state index < -0.39 is 29.2 Å². The van der Waals surface area contributed by atoms with Gasteiger partial charge in [-0.15, -0.1) is 0 Å². The number of carboxylic acids is 1. The van der Waals surface area contributed by atoms with Gasteiger partial charge in [-0.05, 0) is 52.9 Å². The van der Waals surface area contributed by atoms with Crippen molar-refractivity contribution in [2.45, 2.75) is 110 Å². The third kappa shape index (κ3) is 13.1. The molecule has 0 fully saturated rings. The first-order valence-electron chi connectivity index (χ1n) is 10.7. The first-order chi connectivity index (χ1) is 13.0.